The van der Waals surface area contributed by atoms with Crippen LogP contribution in [-0.2, 0) is 6.42 Å². The molecule has 0 heterocycles. The van der Waals surface area contributed by atoms with E-state index in [0.717, 1.165) is 21.3 Å². The second-order valence-corrected chi connectivity index (χ2v) is 5.53. The third-order valence-corrected chi connectivity index (χ3v) is 3.84. The molecule has 0 fully saturated rings. The maximum absolute atomic E-state index is 10.3. The lowest BCUT2D eigenvalue weighted by Gasteiger charge is -2.14. The number of rotatable bonds is 4. The quantitative estimate of drug-likeness (QED) is 0.894. The fraction of sp³-hybridized carbons (Fsp3) is 0.200. The zero-order valence-corrected chi connectivity index (χ0v) is 12.8. The van der Waals surface area contributed by atoms with Gasteiger partial charge in [-0.25, -0.2) is 0 Å². The molecular formula is C15H14BrClO2. The first kappa shape index (κ1) is 14.4. The van der Waals surface area contributed by atoms with Gasteiger partial charge in [0.25, 0.3) is 0 Å². The number of aliphatic hydroxyl groups excluding tert-OH is 1. The summed E-state index contributed by atoms with van der Waals surface area (Å²) in [5, 5.41) is 10.9. The van der Waals surface area contributed by atoms with Gasteiger partial charge in [-0.05, 0) is 41.5 Å². The highest BCUT2D eigenvalue weighted by atomic mass is 79.9. The Hall–Kier alpha value is -1.03. The van der Waals surface area contributed by atoms with E-state index in [2.05, 4.69) is 15.9 Å². The van der Waals surface area contributed by atoms with Gasteiger partial charge in [-0.15, -0.1) is 0 Å². The lowest BCUT2D eigenvalue weighted by atomic mass is 10.0. The number of halogens is 2. The summed E-state index contributed by atoms with van der Waals surface area (Å²) in [7, 11) is 1.63. The Morgan fingerprint density at radius 2 is 2.05 bits per heavy atom. The Bertz CT molecular complexity index is 572. The molecule has 2 aromatic carbocycles. The van der Waals surface area contributed by atoms with Crippen LogP contribution in [0.4, 0.5) is 0 Å². The molecule has 19 heavy (non-hydrogen) atoms. The molecule has 100 valence electrons. The fourth-order valence-corrected chi connectivity index (χ4v) is 2.59. The number of methoxy groups -OCH3 is 1. The van der Waals surface area contributed by atoms with Crippen molar-refractivity contribution in [1.82, 2.24) is 0 Å². The topological polar surface area (TPSA) is 29.5 Å². The van der Waals surface area contributed by atoms with Gasteiger partial charge in [0, 0.05) is 15.9 Å². The van der Waals surface area contributed by atoms with Crippen molar-refractivity contribution in [2.45, 2.75) is 12.5 Å². The van der Waals surface area contributed by atoms with Gasteiger partial charge >= 0.3 is 0 Å². The van der Waals surface area contributed by atoms with E-state index in [9.17, 15) is 5.11 Å². The van der Waals surface area contributed by atoms with E-state index in [4.69, 9.17) is 16.3 Å². The first-order chi connectivity index (χ1) is 9.10. The molecule has 0 radical (unpaired) electrons. The summed E-state index contributed by atoms with van der Waals surface area (Å²) in [6, 6.07) is 13.1. The molecule has 1 unspecified atom stereocenters. The number of hydrogen-bond acceptors (Lipinski definition) is 2. The molecule has 0 bridgehead atoms. The van der Waals surface area contributed by atoms with Gasteiger partial charge in [0.1, 0.15) is 5.75 Å². The summed E-state index contributed by atoms with van der Waals surface area (Å²) >= 11 is 9.39. The van der Waals surface area contributed by atoms with Gasteiger partial charge in [-0.3, -0.25) is 0 Å². The minimum absolute atomic E-state index is 0.510. The highest BCUT2D eigenvalue weighted by Gasteiger charge is 2.13. The molecule has 0 aliphatic carbocycles. The Balaban J connectivity index is 2.20. The Labute approximate surface area is 126 Å². The zero-order chi connectivity index (χ0) is 13.8. The molecule has 2 aromatic rings. The van der Waals surface area contributed by atoms with E-state index in [-0.39, 0.29) is 0 Å². The van der Waals surface area contributed by atoms with Crippen LogP contribution in [0.25, 0.3) is 0 Å². The molecule has 1 atom stereocenters. The van der Waals surface area contributed by atoms with Crippen molar-refractivity contribution >= 4 is 27.5 Å². The highest BCUT2D eigenvalue weighted by molar-refractivity contribution is 9.10. The second-order valence-electron chi connectivity index (χ2n) is 4.24. The molecule has 1 N–H and O–H groups in total. The first-order valence-electron chi connectivity index (χ1n) is 5.86. The summed E-state index contributed by atoms with van der Waals surface area (Å²) in [6.07, 6.45) is -0.101. The van der Waals surface area contributed by atoms with Crippen LogP contribution in [0.2, 0.25) is 5.02 Å². The van der Waals surface area contributed by atoms with E-state index >= 15 is 0 Å². The normalized spacial score (nSPS) is 12.2. The summed E-state index contributed by atoms with van der Waals surface area (Å²) < 4.78 is 6.03. The lowest BCUT2D eigenvalue weighted by Crippen LogP contribution is -2.03. The lowest BCUT2D eigenvalue weighted by molar-refractivity contribution is 0.177. The Kier molecular flexibility index (Phi) is 4.86. The smallest absolute Gasteiger partial charge is 0.119 e. The molecule has 2 rings (SSSR count). The third kappa shape index (κ3) is 3.72. The van der Waals surface area contributed by atoms with Crippen LogP contribution >= 0.6 is 27.5 Å². The zero-order valence-electron chi connectivity index (χ0n) is 10.4. The molecule has 0 aliphatic heterocycles. The van der Waals surface area contributed by atoms with E-state index < -0.39 is 6.10 Å². The summed E-state index contributed by atoms with van der Waals surface area (Å²) in [6.45, 7) is 0. The van der Waals surface area contributed by atoms with E-state index in [0.29, 0.717) is 11.4 Å². The van der Waals surface area contributed by atoms with Gasteiger partial charge < -0.3 is 9.84 Å². The van der Waals surface area contributed by atoms with Crippen molar-refractivity contribution in [3.05, 3.63) is 63.1 Å². The van der Waals surface area contributed by atoms with E-state index in [1.165, 1.54) is 0 Å². The van der Waals surface area contributed by atoms with Gasteiger partial charge in [0.05, 0.1) is 13.2 Å². The molecule has 4 heteroatoms. The highest BCUT2D eigenvalue weighted by Crippen LogP contribution is 2.29. The number of aliphatic hydroxyl groups is 1. The number of hydrogen-bond donors (Lipinski definition) is 1. The van der Waals surface area contributed by atoms with E-state index in [1.54, 1.807) is 19.2 Å². The second kappa shape index (κ2) is 6.42. The van der Waals surface area contributed by atoms with Crippen molar-refractivity contribution < 1.29 is 9.84 Å². The third-order valence-electron chi connectivity index (χ3n) is 2.88. The van der Waals surface area contributed by atoms with Crippen molar-refractivity contribution in [3.63, 3.8) is 0 Å². The number of benzene rings is 2. The molecule has 0 saturated heterocycles. The monoisotopic (exact) mass is 340 g/mol. The van der Waals surface area contributed by atoms with Crippen molar-refractivity contribution in [3.8, 4) is 5.75 Å². The standard InChI is InChI=1S/C15H14BrClO2/c1-19-12-4-2-3-10(7-12)8-15(18)13-9-11(17)5-6-14(13)16/h2-7,9,15,18H,8H2,1H3. The van der Waals surface area contributed by atoms with E-state index in [1.807, 2.05) is 30.3 Å². The van der Waals surface area contributed by atoms with Gasteiger partial charge in [-0.2, -0.15) is 0 Å². The summed E-state index contributed by atoms with van der Waals surface area (Å²) in [5.74, 6) is 0.787. The minimum Gasteiger partial charge on any atom is -0.497 e. The molecular weight excluding hydrogens is 328 g/mol. The molecule has 0 saturated carbocycles. The van der Waals surface area contributed by atoms with Crippen LogP contribution in [-0.4, -0.2) is 12.2 Å². The predicted octanol–water partition coefficient (Wildman–Crippen LogP) is 4.39. The average Bonchev–Trinajstić information content (AvgIpc) is 2.41. The molecule has 0 aliphatic rings. The van der Waals surface area contributed by atoms with Gasteiger partial charge in [-0.1, -0.05) is 39.7 Å². The first-order valence-corrected chi connectivity index (χ1v) is 7.03. The van der Waals surface area contributed by atoms with Crippen LogP contribution < -0.4 is 4.74 Å². The molecule has 0 spiro atoms. The fourth-order valence-electron chi connectivity index (χ4n) is 1.90. The van der Waals surface area contributed by atoms with Crippen molar-refractivity contribution in [2.75, 3.05) is 7.11 Å². The predicted molar refractivity (Wildman–Crippen MR) is 80.8 cm³/mol. The summed E-state index contributed by atoms with van der Waals surface area (Å²) in [5.41, 5.74) is 1.80. The van der Waals surface area contributed by atoms with Gasteiger partial charge in [0.2, 0.25) is 0 Å². The van der Waals surface area contributed by atoms with Crippen LogP contribution in [0.1, 0.15) is 17.2 Å². The minimum atomic E-state index is -0.611. The molecule has 2 nitrogen and oxygen atoms in total. The van der Waals surface area contributed by atoms with Gasteiger partial charge in [0.15, 0.2) is 0 Å². The maximum Gasteiger partial charge on any atom is 0.119 e. The Morgan fingerprint density at radius 3 is 2.79 bits per heavy atom. The van der Waals surface area contributed by atoms with Crippen LogP contribution in [0.3, 0.4) is 0 Å². The largest absolute Gasteiger partial charge is 0.497 e. The van der Waals surface area contributed by atoms with Crippen LogP contribution in [0.5, 0.6) is 5.75 Å². The average molecular weight is 342 g/mol. The van der Waals surface area contributed by atoms with Crippen LogP contribution in [0.15, 0.2) is 46.9 Å². The maximum atomic E-state index is 10.3. The summed E-state index contributed by atoms with van der Waals surface area (Å²) in [4.78, 5) is 0. The molecule has 0 amide bonds. The van der Waals surface area contributed by atoms with Crippen LogP contribution in [0, 0.1) is 0 Å². The number of ether oxygens (including phenoxy) is 1. The SMILES string of the molecule is COc1cccc(CC(O)c2cc(Cl)ccc2Br)c1. The van der Waals surface area contributed by atoms with Crippen molar-refractivity contribution in [2.24, 2.45) is 0 Å². The molecule has 0 aromatic heterocycles. The van der Waals surface area contributed by atoms with Crippen molar-refractivity contribution in [1.29, 1.82) is 0 Å². The Morgan fingerprint density at radius 1 is 1.26 bits per heavy atom.